The number of carboxylic acids is 1. The van der Waals surface area contributed by atoms with Gasteiger partial charge in [0, 0.05) is 18.2 Å². The number of alkyl halides is 3. The first-order valence-corrected chi connectivity index (χ1v) is 7.04. The van der Waals surface area contributed by atoms with Crippen LogP contribution >= 0.6 is 11.6 Å². The van der Waals surface area contributed by atoms with Gasteiger partial charge < -0.3 is 9.84 Å². The fourth-order valence-electron chi connectivity index (χ4n) is 2.01. The smallest absolute Gasteiger partial charge is 0.416 e. The highest BCUT2D eigenvalue weighted by Gasteiger charge is 2.35. The van der Waals surface area contributed by atoms with Crippen LogP contribution in [0.25, 0.3) is 0 Å². The zero-order valence-corrected chi connectivity index (χ0v) is 13.4. The minimum atomic E-state index is -4.91. The van der Waals surface area contributed by atoms with Gasteiger partial charge in [0.05, 0.1) is 20.4 Å². The molecule has 0 fully saturated rings. The van der Waals surface area contributed by atoms with E-state index < -0.39 is 61.0 Å². The molecule has 0 saturated heterocycles. The van der Waals surface area contributed by atoms with Crippen molar-refractivity contribution < 1.29 is 37.7 Å². The number of rotatable bonds is 5. The predicted molar refractivity (Wildman–Crippen MR) is 83.2 cm³/mol. The monoisotopic (exact) mass is 406 g/mol. The number of carboxylic acid groups (broad SMARTS) is 1. The first-order chi connectivity index (χ1) is 12.4. The van der Waals surface area contributed by atoms with Gasteiger partial charge in [-0.3, -0.25) is 20.2 Å². The van der Waals surface area contributed by atoms with Gasteiger partial charge >= 0.3 is 17.8 Å². The van der Waals surface area contributed by atoms with Crippen LogP contribution in [0, 0.1) is 20.2 Å². The van der Waals surface area contributed by atoms with E-state index in [-0.39, 0.29) is 6.07 Å². The topological polar surface area (TPSA) is 133 Å². The molecule has 0 aliphatic heterocycles. The van der Waals surface area contributed by atoms with E-state index in [1.165, 1.54) is 0 Å². The van der Waals surface area contributed by atoms with Crippen LogP contribution in [-0.4, -0.2) is 20.9 Å². The molecule has 1 N–H and O–H groups in total. The summed E-state index contributed by atoms with van der Waals surface area (Å²) in [6, 6.07) is 2.97. The summed E-state index contributed by atoms with van der Waals surface area (Å²) in [4.78, 5) is 30.9. The van der Waals surface area contributed by atoms with E-state index in [1.54, 1.807) is 0 Å². The molecule has 0 bridgehead atoms. The van der Waals surface area contributed by atoms with Gasteiger partial charge in [-0.1, -0.05) is 11.6 Å². The summed E-state index contributed by atoms with van der Waals surface area (Å²) in [6.45, 7) is 0. The summed E-state index contributed by atoms with van der Waals surface area (Å²) in [7, 11) is 0. The molecule has 0 heterocycles. The van der Waals surface area contributed by atoms with Crippen molar-refractivity contribution in [2.45, 2.75) is 6.18 Å². The Kier molecular flexibility index (Phi) is 5.21. The normalized spacial score (nSPS) is 11.1. The van der Waals surface area contributed by atoms with Crippen LogP contribution in [0.4, 0.5) is 24.5 Å². The number of nitro groups is 2. The molecule has 2 rings (SSSR count). The standard InChI is InChI=1S/C14H6ClF3N2O7/c15-9-3-6(14(16,17)18)4-11(20(25)26)12(9)27-7-1-2-10(19(23)24)8(5-7)13(21)22/h1-5H,(H,21,22). The van der Waals surface area contributed by atoms with Gasteiger partial charge in [0.2, 0.25) is 5.75 Å². The van der Waals surface area contributed by atoms with E-state index in [2.05, 4.69) is 0 Å². The molecule has 27 heavy (non-hydrogen) atoms. The first-order valence-electron chi connectivity index (χ1n) is 6.66. The van der Waals surface area contributed by atoms with Gasteiger partial charge in [-0.2, -0.15) is 13.2 Å². The molecule has 13 heteroatoms. The minimum Gasteiger partial charge on any atom is -0.477 e. The van der Waals surface area contributed by atoms with E-state index in [1.807, 2.05) is 0 Å². The Morgan fingerprint density at radius 1 is 1.07 bits per heavy atom. The molecule has 0 saturated carbocycles. The Morgan fingerprint density at radius 3 is 2.15 bits per heavy atom. The highest BCUT2D eigenvalue weighted by Crippen LogP contribution is 2.43. The Balaban J connectivity index is 2.57. The van der Waals surface area contributed by atoms with Crippen LogP contribution in [0.3, 0.4) is 0 Å². The van der Waals surface area contributed by atoms with Crippen LogP contribution < -0.4 is 4.74 Å². The summed E-state index contributed by atoms with van der Waals surface area (Å²) in [5.74, 6) is -2.87. The Morgan fingerprint density at radius 2 is 1.67 bits per heavy atom. The largest absolute Gasteiger partial charge is 0.477 e. The van der Waals surface area contributed by atoms with Gasteiger partial charge in [-0.25, -0.2) is 4.79 Å². The first kappa shape index (κ1) is 19.9. The Bertz CT molecular complexity index is 962. The summed E-state index contributed by atoms with van der Waals surface area (Å²) >= 11 is 5.66. The number of halogens is 4. The SMILES string of the molecule is O=C(O)c1cc(Oc2c(Cl)cc(C(F)(F)F)cc2[N+](=O)[O-])ccc1[N+](=O)[O-]. The maximum Gasteiger partial charge on any atom is 0.416 e. The van der Waals surface area contributed by atoms with Crippen molar-refractivity contribution in [2.24, 2.45) is 0 Å². The number of hydrogen-bond acceptors (Lipinski definition) is 6. The molecule has 0 aliphatic rings. The van der Waals surface area contributed by atoms with Crippen LogP contribution in [0.2, 0.25) is 5.02 Å². The van der Waals surface area contributed by atoms with Crippen molar-refractivity contribution in [1.82, 2.24) is 0 Å². The second kappa shape index (κ2) is 7.07. The highest BCUT2D eigenvalue weighted by atomic mass is 35.5. The summed E-state index contributed by atoms with van der Waals surface area (Å²) in [6.07, 6.45) is -4.91. The van der Waals surface area contributed by atoms with Crippen molar-refractivity contribution in [1.29, 1.82) is 0 Å². The van der Waals surface area contributed by atoms with Gasteiger partial charge in [0.25, 0.3) is 5.69 Å². The van der Waals surface area contributed by atoms with Crippen molar-refractivity contribution >= 4 is 28.9 Å². The average molecular weight is 407 g/mol. The van der Waals surface area contributed by atoms with E-state index in [4.69, 9.17) is 21.4 Å². The molecule has 0 radical (unpaired) electrons. The molecule has 0 spiro atoms. The molecule has 9 nitrogen and oxygen atoms in total. The molecular formula is C14H6ClF3N2O7. The Labute approximate surface area is 151 Å². The molecule has 0 aliphatic carbocycles. The molecule has 2 aromatic rings. The number of nitro benzene ring substituents is 2. The number of nitrogens with zero attached hydrogens (tertiary/aromatic N) is 2. The average Bonchev–Trinajstić information content (AvgIpc) is 2.54. The number of aromatic carboxylic acids is 1. The lowest BCUT2D eigenvalue weighted by Gasteiger charge is -2.12. The van der Waals surface area contributed by atoms with E-state index in [9.17, 15) is 38.2 Å². The van der Waals surface area contributed by atoms with Crippen LogP contribution in [-0.2, 0) is 6.18 Å². The molecule has 0 atom stereocenters. The Hall–Kier alpha value is -3.41. The van der Waals surface area contributed by atoms with E-state index in [0.29, 0.717) is 12.1 Å². The molecule has 0 amide bonds. The lowest BCUT2D eigenvalue weighted by Crippen LogP contribution is -2.07. The van der Waals surface area contributed by atoms with Crippen LogP contribution in [0.15, 0.2) is 30.3 Å². The third kappa shape index (κ3) is 4.23. The van der Waals surface area contributed by atoms with Crippen molar-refractivity contribution in [3.8, 4) is 11.5 Å². The highest BCUT2D eigenvalue weighted by molar-refractivity contribution is 6.32. The maximum absolute atomic E-state index is 12.8. The van der Waals surface area contributed by atoms with Crippen molar-refractivity contribution in [3.05, 3.63) is 66.7 Å². The number of ether oxygens (including phenoxy) is 1. The van der Waals surface area contributed by atoms with Crippen LogP contribution in [0.1, 0.15) is 15.9 Å². The quantitative estimate of drug-likeness (QED) is 0.563. The molecule has 0 unspecified atom stereocenters. The second-order valence-corrected chi connectivity index (χ2v) is 5.31. The number of hydrogen-bond donors (Lipinski definition) is 1. The lowest BCUT2D eigenvalue weighted by atomic mass is 10.1. The minimum absolute atomic E-state index is 0.199. The summed E-state index contributed by atoms with van der Waals surface area (Å²) in [5, 5.41) is 30.1. The van der Waals surface area contributed by atoms with E-state index >= 15 is 0 Å². The van der Waals surface area contributed by atoms with Crippen molar-refractivity contribution in [3.63, 3.8) is 0 Å². The summed E-state index contributed by atoms with van der Waals surface area (Å²) < 4.78 is 43.4. The molecular weight excluding hydrogens is 401 g/mol. The molecule has 2 aromatic carbocycles. The van der Waals surface area contributed by atoms with E-state index in [0.717, 1.165) is 12.1 Å². The third-order valence-corrected chi connectivity index (χ3v) is 3.44. The lowest BCUT2D eigenvalue weighted by molar-refractivity contribution is -0.385. The van der Waals surface area contributed by atoms with Gasteiger partial charge in [-0.15, -0.1) is 0 Å². The number of carbonyl (C=O) groups is 1. The third-order valence-electron chi connectivity index (χ3n) is 3.16. The van der Waals surface area contributed by atoms with Gasteiger partial charge in [0.1, 0.15) is 11.3 Å². The molecule has 142 valence electrons. The van der Waals surface area contributed by atoms with Crippen LogP contribution in [0.5, 0.6) is 11.5 Å². The fourth-order valence-corrected chi connectivity index (χ4v) is 2.26. The van der Waals surface area contributed by atoms with Gasteiger partial charge in [-0.05, 0) is 12.1 Å². The van der Waals surface area contributed by atoms with Crippen molar-refractivity contribution in [2.75, 3.05) is 0 Å². The second-order valence-electron chi connectivity index (χ2n) is 4.90. The predicted octanol–water partition coefficient (Wildman–Crippen LogP) is 4.67. The number of benzene rings is 2. The zero-order valence-electron chi connectivity index (χ0n) is 12.7. The molecule has 0 aromatic heterocycles. The summed E-state index contributed by atoms with van der Waals surface area (Å²) in [5.41, 5.74) is -4.07. The van der Waals surface area contributed by atoms with Gasteiger partial charge in [0.15, 0.2) is 0 Å². The zero-order chi connectivity index (χ0) is 20.5. The maximum atomic E-state index is 12.8. The fraction of sp³-hybridized carbons (Fsp3) is 0.0714.